The highest BCUT2D eigenvalue weighted by atomic mass is 19.2. The van der Waals surface area contributed by atoms with Crippen molar-refractivity contribution in [2.24, 2.45) is 0 Å². The lowest BCUT2D eigenvalue weighted by Gasteiger charge is -2.32. The Hall–Kier alpha value is -3.24. The molecule has 2 aromatic rings. The van der Waals surface area contributed by atoms with E-state index in [9.17, 15) is 23.5 Å². The topological polar surface area (TPSA) is 103 Å². The molecule has 1 fully saturated rings. The molecule has 0 bridgehead atoms. The summed E-state index contributed by atoms with van der Waals surface area (Å²) >= 11 is 0. The number of carbonyl (C=O) groups is 2. The SMILES string of the molecule is O=C1COc2c(CCNCCN(C(=O)CCNCCc3ccc(F)c(F)c3)C3CCCCCC3)ccc(O)c2N1. The fourth-order valence-electron chi connectivity index (χ4n) is 5.43. The molecule has 10 heteroatoms. The molecule has 1 heterocycles. The number of benzene rings is 2. The third kappa shape index (κ3) is 8.38. The van der Waals surface area contributed by atoms with Gasteiger partial charge in [-0.05, 0) is 68.1 Å². The van der Waals surface area contributed by atoms with Gasteiger partial charge in [-0.1, -0.05) is 37.8 Å². The zero-order valence-electron chi connectivity index (χ0n) is 22.9. The molecular weight excluding hydrogens is 518 g/mol. The van der Waals surface area contributed by atoms with Crippen LogP contribution < -0.4 is 20.7 Å². The van der Waals surface area contributed by atoms with E-state index < -0.39 is 11.6 Å². The van der Waals surface area contributed by atoms with Gasteiger partial charge in [0.25, 0.3) is 5.91 Å². The summed E-state index contributed by atoms with van der Waals surface area (Å²) < 4.78 is 32.1. The van der Waals surface area contributed by atoms with Crippen molar-refractivity contribution in [1.29, 1.82) is 0 Å². The maximum absolute atomic E-state index is 13.4. The summed E-state index contributed by atoms with van der Waals surface area (Å²) in [5, 5.41) is 19.4. The van der Waals surface area contributed by atoms with Crippen molar-refractivity contribution in [3.63, 3.8) is 0 Å². The summed E-state index contributed by atoms with van der Waals surface area (Å²) in [6, 6.07) is 7.53. The van der Waals surface area contributed by atoms with Crippen LogP contribution >= 0.6 is 0 Å². The molecule has 0 radical (unpaired) electrons. The van der Waals surface area contributed by atoms with E-state index in [-0.39, 0.29) is 30.2 Å². The number of rotatable bonds is 13. The average Bonchev–Trinajstić information content (AvgIpc) is 3.23. The molecule has 8 nitrogen and oxygen atoms in total. The Morgan fingerprint density at radius 3 is 2.50 bits per heavy atom. The van der Waals surface area contributed by atoms with Crippen LogP contribution in [0.1, 0.15) is 56.1 Å². The van der Waals surface area contributed by atoms with Gasteiger partial charge >= 0.3 is 0 Å². The van der Waals surface area contributed by atoms with Gasteiger partial charge in [0.15, 0.2) is 24.0 Å². The molecule has 4 rings (SSSR count). The second kappa shape index (κ2) is 14.9. The minimum atomic E-state index is -0.848. The van der Waals surface area contributed by atoms with E-state index in [2.05, 4.69) is 16.0 Å². The van der Waals surface area contributed by atoms with E-state index in [4.69, 9.17) is 4.74 Å². The monoisotopic (exact) mass is 558 g/mol. The lowest BCUT2D eigenvalue weighted by atomic mass is 10.1. The molecule has 0 atom stereocenters. The fraction of sp³-hybridized carbons (Fsp3) is 0.533. The van der Waals surface area contributed by atoms with E-state index in [0.29, 0.717) is 69.0 Å². The number of ether oxygens (including phenoxy) is 1. The minimum Gasteiger partial charge on any atom is -0.506 e. The Labute approximate surface area is 234 Å². The number of phenols is 1. The number of nitrogens with one attached hydrogen (secondary N) is 3. The maximum atomic E-state index is 13.4. The first kappa shape index (κ1) is 29.7. The summed E-state index contributed by atoms with van der Waals surface area (Å²) in [5.41, 5.74) is 1.93. The predicted molar refractivity (Wildman–Crippen MR) is 150 cm³/mol. The van der Waals surface area contributed by atoms with Crippen molar-refractivity contribution in [2.75, 3.05) is 44.6 Å². The number of hydrogen-bond acceptors (Lipinski definition) is 6. The second-order valence-electron chi connectivity index (χ2n) is 10.5. The number of amides is 2. The Morgan fingerprint density at radius 2 is 1.73 bits per heavy atom. The largest absolute Gasteiger partial charge is 0.506 e. The molecule has 0 unspecified atom stereocenters. The Balaban J connectivity index is 1.23. The lowest BCUT2D eigenvalue weighted by Crippen LogP contribution is -2.45. The number of halogens is 2. The smallest absolute Gasteiger partial charge is 0.262 e. The Kier molecular flexibility index (Phi) is 11.1. The highest BCUT2D eigenvalue weighted by Gasteiger charge is 2.25. The highest BCUT2D eigenvalue weighted by Crippen LogP contribution is 2.39. The van der Waals surface area contributed by atoms with Gasteiger partial charge in [-0.2, -0.15) is 0 Å². The zero-order chi connectivity index (χ0) is 28.3. The number of fused-ring (bicyclic) bond motifs is 1. The lowest BCUT2D eigenvalue weighted by molar-refractivity contribution is -0.133. The molecule has 2 aromatic carbocycles. The molecular formula is C30H40F2N4O4. The maximum Gasteiger partial charge on any atom is 0.262 e. The Morgan fingerprint density at radius 1 is 0.975 bits per heavy atom. The van der Waals surface area contributed by atoms with Gasteiger partial charge in [0, 0.05) is 32.1 Å². The average molecular weight is 559 g/mol. The molecule has 0 spiro atoms. The third-order valence-electron chi connectivity index (χ3n) is 7.61. The number of nitrogens with zero attached hydrogens (tertiary/aromatic N) is 1. The summed E-state index contributed by atoms with van der Waals surface area (Å²) in [7, 11) is 0. The summed E-state index contributed by atoms with van der Waals surface area (Å²) in [5.74, 6) is -1.36. The molecule has 2 amide bonds. The van der Waals surface area contributed by atoms with Gasteiger partial charge in [0.05, 0.1) is 0 Å². The van der Waals surface area contributed by atoms with Gasteiger partial charge in [-0.15, -0.1) is 0 Å². The van der Waals surface area contributed by atoms with Gasteiger partial charge in [-0.25, -0.2) is 8.78 Å². The van der Waals surface area contributed by atoms with Crippen LogP contribution in [-0.2, 0) is 22.4 Å². The molecule has 2 aliphatic rings. The normalized spacial score (nSPS) is 15.6. The van der Waals surface area contributed by atoms with Crippen LogP contribution in [0.2, 0.25) is 0 Å². The first-order chi connectivity index (χ1) is 19.4. The van der Waals surface area contributed by atoms with E-state index in [1.54, 1.807) is 18.2 Å². The predicted octanol–water partition coefficient (Wildman–Crippen LogP) is 3.91. The molecule has 0 saturated heterocycles. The van der Waals surface area contributed by atoms with Crippen LogP contribution in [0.4, 0.5) is 14.5 Å². The van der Waals surface area contributed by atoms with E-state index >= 15 is 0 Å². The van der Waals surface area contributed by atoms with Crippen LogP contribution in [0.15, 0.2) is 30.3 Å². The van der Waals surface area contributed by atoms with Crippen LogP contribution in [0.25, 0.3) is 0 Å². The molecule has 1 aliphatic carbocycles. The van der Waals surface area contributed by atoms with Crippen LogP contribution in [0, 0.1) is 11.6 Å². The Bertz CT molecular complexity index is 1150. The second-order valence-corrected chi connectivity index (χ2v) is 10.5. The number of hydrogen-bond donors (Lipinski definition) is 4. The summed E-state index contributed by atoms with van der Waals surface area (Å²) in [6.07, 6.45) is 8.34. The van der Waals surface area contributed by atoms with Crippen LogP contribution in [0.5, 0.6) is 11.5 Å². The number of aromatic hydroxyl groups is 1. The molecule has 40 heavy (non-hydrogen) atoms. The molecule has 4 N–H and O–H groups in total. The van der Waals surface area contributed by atoms with Gasteiger partial charge < -0.3 is 30.7 Å². The summed E-state index contributed by atoms with van der Waals surface area (Å²) in [6.45, 7) is 2.98. The quantitative estimate of drug-likeness (QED) is 0.169. The van der Waals surface area contributed by atoms with Crippen molar-refractivity contribution >= 4 is 17.5 Å². The first-order valence-corrected chi connectivity index (χ1v) is 14.3. The van der Waals surface area contributed by atoms with E-state index in [1.807, 2.05) is 4.90 Å². The van der Waals surface area contributed by atoms with Gasteiger partial charge in [0.2, 0.25) is 5.91 Å². The first-order valence-electron chi connectivity index (χ1n) is 14.3. The number of carbonyl (C=O) groups excluding carboxylic acids is 2. The fourth-order valence-corrected chi connectivity index (χ4v) is 5.43. The van der Waals surface area contributed by atoms with Crippen molar-refractivity contribution in [1.82, 2.24) is 15.5 Å². The number of phenolic OH excluding ortho intramolecular Hbond substituents is 1. The zero-order valence-corrected chi connectivity index (χ0v) is 22.9. The third-order valence-corrected chi connectivity index (χ3v) is 7.61. The van der Waals surface area contributed by atoms with Gasteiger partial charge in [-0.3, -0.25) is 9.59 Å². The van der Waals surface area contributed by atoms with E-state index in [1.165, 1.54) is 18.9 Å². The molecule has 1 saturated carbocycles. The minimum absolute atomic E-state index is 0.0174. The van der Waals surface area contributed by atoms with Crippen LogP contribution in [-0.4, -0.2) is 67.2 Å². The number of anilines is 1. The van der Waals surface area contributed by atoms with E-state index in [0.717, 1.165) is 37.3 Å². The van der Waals surface area contributed by atoms with Crippen molar-refractivity contribution in [2.45, 2.75) is 63.8 Å². The van der Waals surface area contributed by atoms with Crippen LogP contribution in [0.3, 0.4) is 0 Å². The van der Waals surface area contributed by atoms with Crippen molar-refractivity contribution in [3.8, 4) is 11.5 Å². The molecule has 0 aromatic heterocycles. The van der Waals surface area contributed by atoms with Crippen molar-refractivity contribution in [3.05, 3.63) is 53.1 Å². The highest BCUT2D eigenvalue weighted by molar-refractivity contribution is 5.97. The standard InChI is InChI=1S/C30H40F2N4O4/c31-24-9-7-21(19-25(24)32)11-14-33-16-13-28(39)36(23-5-3-1-2-4-6-23)18-17-34-15-12-22-8-10-26(37)29-30(22)40-20-27(38)35-29/h7-10,19,23,33-34,37H,1-6,11-18,20H2,(H,35,38). The molecule has 218 valence electrons. The van der Waals surface area contributed by atoms with Crippen molar-refractivity contribution < 1.29 is 28.2 Å². The summed E-state index contributed by atoms with van der Waals surface area (Å²) in [4.78, 5) is 26.9. The molecule has 1 aliphatic heterocycles. The van der Waals surface area contributed by atoms with Gasteiger partial charge in [0.1, 0.15) is 11.4 Å².